The first kappa shape index (κ1) is 19.1. The third kappa shape index (κ3) is 2.93. The Morgan fingerprint density at radius 3 is 2.38 bits per heavy atom. The maximum atomic E-state index is 14.5. The molecule has 3 nitrogen and oxygen atoms in total. The molecule has 4 aromatic carbocycles. The molecule has 6 rings (SSSR count). The molecule has 1 aliphatic rings. The van der Waals surface area contributed by atoms with Crippen molar-refractivity contribution < 1.29 is 13.9 Å². The van der Waals surface area contributed by atoms with Crippen LogP contribution in [0.1, 0.15) is 24.0 Å². The number of benzene rings is 4. The van der Waals surface area contributed by atoms with Crippen LogP contribution in [0.2, 0.25) is 0 Å². The van der Waals surface area contributed by atoms with Crippen LogP contribution in [0.15, 0.2) is 78.9 Å². The molecule has 0 saturated heterocycles. The molecule has 0 aliphatic heterocycles. The van der Waals surface area contributed by atoms with Crippen molar-refractivity contribution in [3.05, 3.63) is 102 Å². The zero-order valence-corrected chi connectivity index (χ0v) is 17.1. The average Bonchev–Trinajstić information content (AvgIpc) is 3.59. The van der Waals surface area contributed by atoms with Crippen LogP contribution in [0.5, 0.6) is 0 Å². The largest absolute Gasteiger partial charge is 0.380 e. The molecule has 158 valence electrons. The molecule has 0 bridgehead atoms. The Kier molecular flexibility index (Phi) is 4.17. The first-order valence-electron chi connectivity index (χ1n) is 10.7. The fraction of sp³-hybridized carbons (Fsp3) is 0.148. The molecule has 1 unspecified atom stereocenters. The quantitative estimate of drug-likeness (QED) is 0.354. The average molecular weight is 426 g/mol. The number of aromatic amines is 1. The lowest BCUT2D eigenvalue weighted by molar-refractivity contribution is 0.0580. The minimum Gasteiger partial charge on any atom is -0.380 e. The summed E-state index contributed by atoms with van der Waals surface area (Å²) in [6.07, 6.45) is 1.81. The van der Waals surface area contributed by atoms with Crippen molar-refractivity contribution in [1.82, 2.24) is 9.97 Å². The highest BCUT2D eigenvalue weighted by molar-refractivity contribution is 5.88. The highest BCUT2D eigenvalue weighted by atomic mass is 19.1. The van der Waals surface area contributed by atoms with E-state index in [1.165, 1.54) is 18.2 Å². The van der Waals surface area contributed by atoms with E-state index >= 15 is 0 Å². The summed E-state index contributed by atoms with van der Waals surface area (Å²) in [6, 6.07) is 22.3. The van der Waals surface area contributed by atoms with Gasteiger partial charge in [0.05, 0.1) is 11.0 Å². The fourth-order valence-electron chi connectivity index (χ4n) is 4.70. The summed E-state index contributed by atoms with van der Waals surface area (Å²) in [6.45, 7) is 0. The molecule has 0 radical (unpaired) electrons. The molecule has 1 atom stereocenters. The van der Waals surface area contributed by atoms with Crippen molar-refractivity contribution >= 4 is 21.8 Å². The minimum atomic E-state index is -1.23. The van der Waals surface area contributed by atoms with Crippen molar-refractivity contribution in [3.8, 4) is 11.4 Å². The van der Waals surface area contributed by atoms with E-state index in [9.17, 15) is 13.9 Å². The number of H-pyrrole nitrogens is 1. The third-order valence-corrected chi connectivity index (χ3v) is 6.49. The number of hydrogen-bond donors (Lipinski definition) is 2. The zero-order chi connectivity index (χ0) is 21.9. The summed E-state index contributed by atoms with van der Waals surface area (Å²) in [5, 5.41) is 13.3. The maximum Gasteiger partial charge on any atom is 0.138 e. The second-order valence-corrected chi connectivity index (χ2v) is 8.51. The lowest BCUT2D eigenvalue weighted by Crippen LogP contribution is -2.30. The third-order valence-electron chi connectivity index (χ3n) is 6.49. The number of rotatable bonds is 4. The van der Waals surface area contributed by atoms with Crippen LogP contribution in [0, 0.1) is 17.6 Å². The number of fused-ring (bicyclic) bond motifs is 2. The lowest BCUT2D eigenvalue weighted by Gasteiger charge is -2.31. The van der Waals surface area contributed by atoms with Crippen molar-refractivity contribution in [2.24, 2.45) is 5.92 Å². The first-order valence-corrected chi connectivity index (χ1v) is 10.7. The molecule has 32 heavy (non-hydrogen) atoms. The number of aromatic nitrogens is 2. The summed E-state index contributed by atoms with van der Waals surface area (Å²) in [7, 11) is 0. The number of hydrogen-bond acceptors (Lipinski definition) is 2. The SMILES string of the molecule is OC(c1ccc2nc(-c3ccc(F)cc3)[nH]c2c1)(c1ccc(F)c2ccccc12)C1CC1. The monoisotopic (exact) mass is 426 g/mol. The predicted octanol–water partition coefficient (Wildman–Crippen LogP) is 6.31. The van der Waals surface area contributed by atoms with Crippen LogP contribution < -0.4 is 0 Å². The number of nitrogens with zero attached hydrogens (tertiary/aromatic N) is 1. The molecule has 0 amide bonds. The van der Waals surface area contributed by atoms with Gasteiger partial charge in [-0.05, 0) is 77.7 Å². The lowest BCUT2D eigenvalue weighted by atomic mass is 9.79. The van der Waals surface area contributed by atoms with Gasteiger partial charge in [-0.15, -0.1) is 0 Å². The normalized spacial score (nSPS) is 15.8. The van der Waals surface area contributed by atoms with Crippen molar-refractivity contribution in [2.45, 2.75) is 18.4 Å². The Morgan fingerprint density at radius 1 is 0.875 bits per heavy atom. The van der Waals surface area contributed by atoms with Crippen molar-refractivity contribution in [3.63, 3.8) is 0 Å². The number of aliphatic hydroxyl groups is 1. The molecule has 1 aromatic heterocycles. The van der Waals surface area contributed by atoms with E-state index in [0.717, 1.165) is 46.0 Å². The van der Waals surface area contributed by atoms with E-state index in [-0.39, 0.29) is 17.6 Å². The number of nitrogens with one attached hydrogen (secondary N) is 1. The number of imidazole rings is 1. The molecule has 5 heteroatoms. The fourth-order valence-corrected chi connectivity index (χ4v) is 4.70. The predicted molar refractivity (Wildman–Crippen MR) is 121 cm³/mol. The molecule has 5 aromatic rings. The Bertz CT molecular complexity index is 1470. The van der Waals surface area contributed by atoms with Crippen LogP contribution >= 0.6 is 0 Å². The van der Waals surface area contributed by atoms with Crippen LogP contribution in [0.3, 0.4) is 0 Å². The van der Waals surface area contributed by atoms with Gasteiger partial charge in [0.15, 0.2) is 0 Å². The van der Waals surface area contributed by atoms with Gasteiger partial charge in [0.25, 0.3) is 0 Å². The van der Waals surface area contributed by atoms with Gasteiger partial charge in [0.2, 0.25) is 0 Å². The topological polar surface area (TPSA) is 48.9 Å². The number of halogens is 2. The molecule has 1 saturated carbocycles. The summed E-state index contributed by atoms with van der Waals surface area (Å²) in [5.74, 6) is 0.108. The van der Waals surface area contributed by atoms with E-state index in [0.29, 0.717) is 11.2 Å². The molecular formula is C27H20F2N2O. The van der Waals surface area contributed by atoms with Crippen LogP contribution in [-0.2, 0) is 5.60 Å². The Hall–Kier alpha value is -3.57. The Labute approximate surface area is 183 Å². The second kappa shape index (κ2) is 6.97. The van der Waals surface area contributed by atoms with Gasteiger partial charge < -0.3 is 10.1 Å². The van der Waals surface area contributed by atoms with Gasteiger partial charge in [0.1, 0.15) is 23.1 Å². The molecule has 2 N–H and O–H groups in total. The van der Waals surface area contributed by atoms with Gasteiger partial charge in [-0.2, -0.15) is 0 Å². The van der Waals surface area contributed by atoms with E-state index in [1.807, 2.05) is 30.3 Å². The zero-order valence-electron chi connectivity index (χ0n) is 17.1. The molecule has 0 spiro atoms. The Balaban J connectivity index is 1.51. The van der Waals surface area contributed by atoms with Crippen molar-refractivity contribution in [2.75, 3.05) is 0 Å². The van der Waals surface area contributed by atoms with Gasteiger partial charge in [-0.3, -0.25) is 0 Å². The van der Waals surface area contributed by atoms with Crippen LogP contribution in [0.4, 0.5) is 8.78 Å². The summed E-state index contributed by atoms with van der Waals surface area (Å²) >= 11 is 0. The Morgan fingerprint density at radius 2 is 1.62 bits per heavy atom. The van der Waals surface area contributed by atoms with Gasteiger partial charge in [0, 0.05) is 10.9 Å². The minimum absolute atomic E-state index is 0.0632. The van der Waals surface area contributed by atoms with Gasteiger partial charge >= 0.3 is 0 Å². The molecule has 1 fully saturated rings. The summed E-state index contributed by atoms with van der Waals surface area (Å²) < 4.78 is 27.7. The van der Waals surface area contributed by atoms with Crippen LogP contribution in [0.25, 0.3) is 33.2 Å². The summed E-state index contributed by atoms with van der Waals surface area (Å²) in [4.78, 5) is 7.92. The van der Waals surface area contributed by atoms with E-state index in [1.54, 1.807) is 30.3 Å². The van der Waals surface area contributed by atoms with Gasteiger partial charge in [-0.1, -0.05) is 36.4 Å². The van der Waals surface area contributed by atoms with E-state index < -0.39 is 5.60 Å². The molecule has 1 aliphatic carbocycles. The standard InChI is InChI=1S/C27H20F2N2O/c28-19-10-5-16(6-11-19)26-30-24-14-9-18(15-25(24)31-26)27(32,17-7-8-17)22-12-13-23(29)21-4-2-1-3-20(21)22/h1-6,9-15,17,32H,7-8H2,(H,30,31). The van der Waals surface area contributed by atoms with Crippen LogP contribution in [-0.4, -0.2) is 15.1 Å². The second-order valence-electron chi connectivity index (χ2n) is 8.51. The van der Waals surface area contributed by atoms with E-state index in [4.69, 9.17) is 0 Å². The summed E-state index contributed by atoms with van der Waals surface area (Å²) in [5.41, 5.74) is 2.56. The maximum absolute atomic E-state index is 14.5. The van der Waals surface area contributed by atoms with Crippen molar-refractivity contribution in [1.29, 1.82) is 0 Å². The van der Waals surface area contributed by atoms with Gasteiger partial charge in [-0.25, -0.2) is 13.8 Å². The molecular weight excluding hydrogens is 406 g/mol. The highest BCUT2D eigenvalue weighted by Crippen LogP contribution is 2.51. The molecule has 1 heterocycles. The highest BCUT2D eigenvalue weighted by Gasteiger charge is 2.47. The van der Waals surface area contributed by atoms with E-state index in [2.05, 4.69) is 9.97 Å². The first-order chi connectivity index (χ1) is 15.5. The smallest absolute Gasteiger partial charge is 0.138 e.